The molecule has 22 heavy (non-hydrogen) atoms. The van der Waals surface area contributed by atoms with Crippen LogP contribution < -0.4 is 0 Å². The van der Waals surface area contributed by atoms with Crippen molar-refractivity contribution in [2.24, 2.45) is 5.92 Å². The summed E-state index contributed by atoms with van der Waals surface area (Å²) < 4.78 is 28.7. The molecule has 0 amide bonds. The molecule has 0 aromatic carbocycles. The Hall–Kier alpha value is -0.260. The lowest BCUT2D eigenvalue weighted by atomic mass is 9.89. The van der Waals surface area contributed by atoms with Gasteiger partial charge in [0.1, 0.15) is 0 Å². The van der Waals surface area contributed by atoms with Crippen molar-refractivity contribution in [3.63, 3.8) is 0 Å². The highest BCUT2D eigenvalue weighted by atomic mass is 19.3. The number of hydrogen-bond donors (Lipinski definition) is 0. The molecule has 2 fully saturated rings. The second-order valence-corrected chi connectivity index (χ2v) is 7.28. The van der Waals surface area contributed by atoms with Gasteiger partial charge >= 0.3 is 0 Å². The molecule has 1 unspecified atom stereocenters. The largest absolute Gasteiger partial charge is 0.301 e. The van der Waals surface area contributed by atoms with Gasteiger partial charge in [-0.1, -0.05) is 6.92 Å². The molecule has 0 aromatic rings. The van der Waals surface area contributed by atoms with Gasteiger partial charge in [-0.15, -0.1) is 0 Å². The van der Waals surface area contributed by atoms with Gasteiger partial charge in [0.25, 0.3) is 5.92 Å². The van der Waals surface area contributed by atoms with Gasteiger partial charge < -0.3 is 9.80 Å². The Morgan fingerprint density at radius 3 is 2.09 bits per heavy atom. The summed E-state index contributed by atoms with van der Waals surface area (Å²) in [4.78, 5) is 6.77. The van der Waals surface area contributed by atoms with Crippen LogP contribution in [0.1, 0.15) is 40.0 Å². The quantitative estimate of drug-likeness (QED) is 0.746. The van der Waals surface area contributed by atoms with Gasteiger partial charge in [0.15, 0.2) is 0 Å². The van der Waals surface area contributed by atoms with Crippen LogP contribution in [0.2, 0.25) is 0 Å². The van der Waals surface area contributed by atoms with Crippen LogP contribution in [0.15, 0.2) is 0 Å². The summed E-state index contributed by atoms with van der Waals surface area (Å²) in [6.07, 6.45) is 2.48. The van der Waals surface area contributed by atoms with E-state index in [2.05, 4.69) is 16.7 Å². The smallest absolute Gasteiger partial charge is 0.263 e. The third-order valence-electron chi connectivity index (χ3n) is 5.30. The van der Waals surface area contributed by atoms with Gasteiger partial charge in [0, 0.05) is 38.1 Å². The van der Waals surface area contributed by atoms with Crippen LogP contribution in [-0.2, 0) is 0 Å². The second kappa shape index (κ2) is 8.02. The van der Waals surface area contributed by atoms with Gasteiger partial charge in [0.2, 0.25) is 0 Å². The molecule has 0 aromatic heterocycles. The highest BCUT2D eigenvalue weighted by molar-refractivity contribution is 4.88. The van der Waals surface area contributed by atoms with Crippen LogP contribution >= 0.6 is 0 Å². The van der Waals surface area contributed by atoms with Gasteiger partial charge in [0.05, 0.1) is 6.54 Å². The summed E-state index contributed by atoms with van der Waals surface area (Å²) in [5.74, 6) is -2.96. The first-order valence-corrected chi connectivity index (χ1v) is 8.99. The zero-order valence-corrected chi connectivity index (χ0v) is 14.5. The van der Waals surface area contributed by atoms with E-state index >= 15 is 0 Å². The van der Waals surface area contributed by atoms with Crippen LogP contribution in [0.5, 0.6) is 0 Å². The first-order chi connectivity index (χ1) is 10.4. The molecule has 0 aliphatic carbocycles. The zero-order chi connectivity index (χ0) is 16.2. The minimum Gasteiger partial charge on any atom is -0.301 e. The second-order valence-electron chi connectivity index (χ2n) is 7.28. The van der Waals surface area contributed by atoms with E-state index in [1.165, 1.54) is 13.0 Å². The number of nitrogens with zero attached hydrogens (tertiary/aromatic N) is 3. The minimum atomic E-state index is -2.52. The maximum Gasteiger partial charge on any atom is 0.263 e. The van der Waals surface area contributed by atoms with E-state index < -0.39 is 11.8 Å². The van der Waals surface area contributed by atoms with E-state index in [9.17, 15) is 8.78 Å². The molecule has 0 radical (unpaired) electrons. The van der Waals surface area contributed by atoms with Crippen molar-refractivity contribution >= 4 is 0 Å². The Balaban J connectivity index is 1.73. The lowest BCUT2D eigenvalue weighted by Gasteiger charge is -2.41. The molecule has 2 rings (SSSR count). The third-order valence-corrected chi connectivity index (χ3v) is 5.30. The molecule has 130 valence electrons. The molecule has 0 bridgehead atoms. The van der Waals surface area contributed by atoms with E-state index in [0.29, 0.717) is 12.8 Å². The summed E-state index contributed by atoms with van der Waals surface area (Å²) in [5, 5.41) is 0. The van der Waals surface area contributed by atoms with E-state index in [-0.39, 0.29) is 12.6 Å². The van der Waals surface area contributed by atoms with Crippen molar-refractivity contribution in [3.05, 3.63) is 0 Å². The third kappa shape index (κ3) is 4.87. The normalized spacial score (nSPS) is 28.4. The highest BCUT2D eigenvalue weighted by Gasteiger charge is 2.44. The van der Waals surface area contributed by atoms with Crippen LogP contribution in [0.25, 0.3) is 0 Å². The van der Waals surface area contributed by atoms with Gasteiger partial charge in [-0.3, -0.25) is 4.90 Å². The average molecular weight is 317 g/mol. The minimum absolute atomic E-state index is 0.0559. The molecule has 3 nitrogen and oxygen atoms in total. The van der Waals surface area contributed by atoms with E-state index in [4.69, 9.17) is 0 Å². The van der Waals surface area contributed by atoms with Crippen molar-refractivity contribution in [2.75, 3.05) is 52.4 Å². The van der Waals surface area contributed by atoms with Gasteiger partial charge in [-0.2, -0.15) is 0 Å². The molecule has 1 atom stereocenters. The number of alkyl halides is 2. The van der Waals surface area contributed by atoms with Crippen LogP contribution in [-0.4, -0.2) is 79.0 Å². The van der Waals surface area contributed by atoms with Crippen molar-refractivity contribution < 1.29 is 8.78 Å². The SMILES string of the molecule is CCCN1CCN(CCC2CCN(C(C)C)CC2(F)F)CC1. The molecule has 0 spiro atoms. The lowest BCUT2D eigenvalue weighted by molar-refractivity contribution is -0.121. The predicted molar refractivity (Wildman–Crippen MR) is 87.6 cm³/mol. The van der Waals surface area contributed by atoms with E-state index in [0.717, 1.165) is 39.3 Å². The molecular weight excluding hydrogens is 284 g/mol. The summed E-state index contributed by atoms with van der Waals surface area (Å²) in [7, 11) is 0. The van der Waals surface area contributed by atoms with E-state index in [1.54, 1.807) is 0 Å². The van der Waals surface area contributed by atoms with Crippen molar-refractivity contribution in [3.8, 4) is 0 Å². The molecular formula is C17H33F2N3. The molecule has 2 saturated heterocycles. The van der Waals surface area contributed by atoms with E-state index in [1.807, 2.05) is 18.7 Å². The predicted octanol–water partition coefficient (Wildman–Crippen LogP) is 2.77. The molecule has 2 aliphatic rings. The van der Waals surface area contributed by atoms with Crippen molar-refractivity contribution in [2.45, 2.75) is 52.0 Å². The standard InChI is InChI=1S/C17H33F2N3/c1-4-7-20-10-12-21(13-11-20)8-5-16-6-9-22(15(2)3)14-17(16,18)19/h15-16H,4-14H2,1-3H3. The fourth-order valence-electron chi connectivity index (χ4n) is 3.70. The Bertz CT molecular complexity index is 328. The maximum atomic E-state index is 14.3. The summed E-state index contributed by atoms with van der Waals surface area (Å²) in [6, 6.07) is 0.221. The number of hydrogen-bond acceptors (Lipinski definition) is 3. The van der Waals surface area contributed by atoms with Crippen LogP contribution in [0.4, 0.5) is 8.78 Å². The fourth-order valence-corrected chi connectivity index (χ4v) is 3.70. The number of piperidine rings is 1. The van der Waals surface area contributed by atoms with Crippen molar-refractivity contribution in [1.29, 1.82) is 0 Å². The average Bonchev–Trinajstić information content (AvgIpc) is 2.47. The van der Waals surface area contributed by atoms with Crippen LogP contribution in [0.3, 0.4) is 0 Å². The number of likely N-dealkylation sites (tertiary alicyclic amines) is 1. The Morgan fingerprint density at radius 1 is 1.00 bits per heavy atom. The topological polar surface area (TPSA) is 9.72 Å². The lowest BCUT2D eigenvalue weighted by Crippen LogP contribution is -2.52. The summed E-state index contributed by atoms with van der Waals surface area (Å²) >= 11 is 0. The van der Waals surface area contributed by atoms with Gasteiger partial charge in [-0.25, -0.2) is 8.78 Å². The first-order valence-electron chi connectivity index (χ1n) is 8.99. The zero-order valence-electron chi connectivity index (χ0n) is 14.5. The van der Waals surface area contributed by atoms with Crippen molar-refractivity contribution in [1.82, 2.24) is 14.7 Å². The molecule has 0 saturated carbocycles. The van der Waals surface area contributed by atoms with Crippen LogP contribution in [0, 0.1) is 5.92 Å². The number of piperazine rings is 1. The first kappa shape index (κ1) is 18.1. The molecule has 2 heterocycles. The molecule has 5 heteroatoms. The highest BCUT2D eigenvalue weighted by Crippen LogP contribution is 2.35. The Kier molecular flexibility index (Phi) is 6.59. The Labute approximate surface area is 134 Å². The monoisotopic (exact) mass is 317 g/mol. The number of rotatable bonds is 6. The molecule has 2 aliphatic heterocycles. The fraction of sp³-hybridized carbons (Fsp3) is 1.00. The maximum absolute atomic E-state index is 14.3. The summed E-state index contributed by atoms with van der Waals surface area (Å²) in [5.41, 5.74) is 0. The Morgan fingerprint density at radius 2 is 1.59 bits per heavy atom. The number of halogens is 2. The molecule has 0 N–H and O–H groups in total. The van der Waals surface area contributed by atoms with Gasteiger partial charge in [-0.05, 0) is 52.7 Å². The summed E-state index contributed by atoms with van der Waals surface area (Å²) in [6.45, 7) is 13.2.